The summed E-state index contributed by atoms with van der Waals surface area (Å²) in [7, 11) is 0. The van der Waals surface area contributed by atoms with E-state index in [9.17, 15) is 4.79 Å². The van der Waals surface area contributed by atoms with E-state index < -0.39 is 5.91 Å². The molecule has 20 heavy (non-hydrogen) atoms. The predicted octanol–water partition coefficient (Wildman–Crippen LogP) is 0.823. The molecule has 6 heteroatoms. The van der Waals surface area contributed by atoms with E-state index in [1.165, 1.54) is 5.69 Å². The van der Waals surface area contributed by atoms with E-state index in [0.717, 1.165) is 24.2 Å². The number of primary amides is 1. The van der Waals surface area contributed by atoms with E-state index in [2.05, 4.69) is 39.0 Å². The van der Waals surface area contributed by atoms with Crippen LogP contribution in [-0.2, 0) is 13.0 Å². The third-order valence-electron chi connectivity index (χ3n) is 3.73. The lowest BCUT2D eigenvalue weighted by atomic mass is 10.0. The average molecular weight is 270 g/mol. The summed E-state index contributed by atoms with van der Waals surface area (Å²) in [5.41, 5.74) is 8.21. The van der Waals surface area contributed by atoms with E-state index in [0.29, 0.717) is 6.54 Å². The lowest BCUT2D eigenvalue weighted by molar-refractivity contribution is 0.0989. The number of carbonyl (C=O) groups is 1. The standard InChI is InChI=1S/C14H16N5O/c1-9(11-3-2-5-16-11)19-6-4-10-7-17-14(13(15)20)18-12(10)8-19/h2-3,5,9,16H,4,6,8H2,1H3,(H2,15,20). The summed E-state index contributed by atoms with van der Waals surface area (Å²) < 4.78 is 0. The maximum Gasteiger partial charge on any atom is 0.286 e. The first-order valence-electron chi connectivity index (χ1n) is 6.60. The van der Waals surface area contributed by atoms with Crippen LogP contribution in [0.2, 0.25) is 0 Å². The minimum atomic E-state index is -0.612. The monoisotopic (exact) mass is 270 g/mol. The van der Waals surface area contributed by atoms with Gasteiger partial charge in [0.05, 0.1) is 11.9 Å². The molecule has 0 fully saturated rings. The Labute approximate surface area is 117 Å². The molecule has 1 radical (unpaired) electrons. The zero-order valence-electron chi connectivity index (χ0n) is 11.3. The number of hydrogen-bond donors (Lipinski definition) is 2. The highest BCUT2D eigenvalue weighted by Gasteiger charge is 2.24. The molecule has 1 amide bonds. The van der Waals surface area contributed by atoms with Crippen LogP contribution in [0.5, 0.6) is 0 Å². The average Bonchev–Trinajstić information content (AvgIpc) is 2.99. The Morgan fingerprint density at radius 1 is 1.60 bits per heavy atom. The molecule has 2 aromatic rings. The minimum Gasteiger partial charge on any atom is -0.364 e. The summed E-state index contributed by atoms with van der Waals surface area (Å²) in [4.78, 5) is 24.8. The Kier molecular flexibility index (Phi) is 3.23. The van der Waals surface area contributed by atoms with Crippen molar-refractivity contribution in [2.24, 2.45) is 5.73 Å². The Morgan fingerprint density at radius 3 is 3.15 bits per heavy atom. The van der Waals surface area contributed by atoms with Gasteiger partial charge in [0.1, 0.15) is 0 Å². The Balaban J connectivity index is 1.83. The summed E-state index contributed by atoms with van der Waals surface area (Å²) >= 11 is 0. The van der Waals surface area contributed by atoms with Crippen molar-refractivity contribution in [3.8, 4) is 0 Å². The summed E-state index contributed by atoms with van der Waals surface area (Å²) in [5, 5.41) is 0. The molecule has 1 aliphatic heterocycles. The number of H-pyrrole nitrogens is 1. The van der Waals surface area contributed by atoms with Crippen LogP contribution < -0.4 is 5.73 Å². The normalized spacial score (nSPS) is 16.6. The van der Waals surface area contributed by atoms with Crippen molar-refractivity contribution in [3.63, 3.8) is 0 Å². The van der Waals surface area contributed by atoms with Gasteiger partial charge in [-0.1, -0.05) is 0 Å². The van der Waals surface area contributed by atoms with E-state index in [4.69, 9.17) is 5.73 Å². The highest BCUT2D eigenvalue weighted by molar-refractivity contribution is 5.88. The van der Waals surface area contributed by atoms with Gasteiger partial charge in [0.15, 0.2) is 0 Å². The van der Waals surface area contributed by atoms with Gasteiger partial charge in [-0.05, 0) is 25.5 Å². The molecule has 6 nitrogen and oxygen atoms in total. The third kappa shape index (κ3) is 2.30. The number of aromatic amines is 1. The van der Waals surface area contributed by atoms with Crippen LogP contribution in [0.3, 0.4) is 0 Å². The highest BCUT2D eigenvalue weighted by atomic mass is 16.1. The van der Waals surface area contributed by atoms with Gasteiger partial charge in [-0.15, -0.1) is 0 Å². The first-order valence-corrected chi connectivity index (χ1v) is 6.60. The van der Waals surface area contributed by atoms with Gasteiger partial charge in [-0.2, -0.15) is 0 Å². The van der Waals surface area contributed by atoms with E-state index in [1.807, 2.05) is 12.3 Å². The van der Waals surface area contributed by atoms with Crippen molar-refractivity contribution in [1.82, 2.24) is 19.9 Å². The van der Waals surface area contributed by atoms with Crippen LogP contribution in [-0.4, -0.2) is 32.3 Å². The summed E-state index contributed by atoms with van der Waals surface area (Å²) in [6.07, 6.45) is 5.64. The fourth-order valence-electron chi connectivity index (χ4n) is 2.50. The van der Waals surface area contributed by atoms with Crippen LogP contribution in [0.25, 0.3) is 0 Å². The number of nitrogens with one attached hydrogen (secondary N) is 1. The quantitative estimate of drug-likeness (QED) is 0.864. The molecule has 0 spiro atoms. The molecule has 1 atom stereocenters. The fraction of sp³-hybridized carbons (Fsp3) is 0.357. The Bertz CT molecular complexity index is 622. The smallest absolute Gasteiger partial charge is 0.286 e. The number of aromatic nitrogens is 3. The fourth-order valence-corrected chi connectivity index (χ4v) is 2.50. The maximum atomic E-state index is 11.1. The second-order valence-electron chi connectivity index (χ2n) is 4.97. The van der Waals surface area contributed by atoms with Gasteiger partial charge >= 0.3 is 0 Å². The van der Waals surface area contributed by atoms with Crippen LogP contribution in [0.4, 0.5) is 0 Å². The molecule has 0 aromatic carbocycles. The van der Waals surface area contributed by atoms with E-state index >= 15 is 0 Å². The molecule has 0 bridgehead atoms. The van der Waals surface area contributed by atoms with Crippen molar-refractivity contribution < 1.29 is 4.79 Å². The first kappa shape index (κ1) is 12.8. The number of nitrogens with two attached hydrogens (primary N) is 1. The van der Waals surface area contributed by atoms with Crippen molar-refractivity contribution in [1.29, 1.82) is 0 Å². The zero-order chi connectivity index (χ0) is 14.1. The lowest BCUT2D eigenvalue weighted by Gasteiger charge is -2.32. The third-order valence-corrected chi connectivity index (χ3v) is 3.73. The number of carbonyl (C=O) groups excluding carboxylic acids is 1. The molecule has 0 saturated carbocycles. The highest BCUT2D eigenvalue weighted by Crippen LogP contribution is 2.25. The Hall–Kier alpha value is -2.21. The molecule has 103 valence electrons. The largest absolute Gasteiger partial charge is 0.364 e. The molecular formula is C14H16N5O. The van der Waals surface area contributed by atoms with Crippen molar-refractivity contribution in [2.75, 3.05) is 6.54 Å². The zero-order valence-corrected chi connectivity index (χ0v) is 11.3. The molecule has 3 heterocycles. The van der Waals surface area contributed by atoms with Gasteiger partial charge in [0.2, 0.25) is 5.82 Å². The molecule has 3 N–H and O–H groups in total. The molecule has 2 aromatic heterocycles. The van der Waals surface area contributed by atoms with Gasteiger partial charge in [0.25, 0.3) is 5.91 Å². The van der Waals surface area contributed by atoms with Crippen LogP contribution >= 0.6 is 0 Å². The SMILES string of the molecule is CC(c1ccc[nH]1)N1CCc2[c]nc(C(N)=O)nc2C1. The lowest BCUT2D eigenvalue weighted by Crippen LogP contribution is -2.34. The number of rotatable bonds is 3. The van der Waals surface area contributed by atoms with Gasteiger partial charge < -0.3 is 10.7 Å². The molecule has 0 saturated heterocycles. The second-order valence-corrected chi connectivity index (χ2v) is 4.97. The van der Waals surface area contributed by atoms with Gasteiger partial charge in [-0.3, -0.25) is 9.69 Å². The molecule has 1 unspecified atom stereocenters. The van der Waals surface area contributed by atoms with Gasteiger partial charge in [-0.25, -0.2) is 9.97 Å². The summed E-state index contributed by atoms with van der Waals surface area (Å²) in [6, 6.07) is 4.33. The molecule has 1 aliphatic rings. The van der Waals surface area contributed by atoms with Crippen LogP contribution in [0.15, 0.2) is 18.3 Å². The van der Waals surface area contributed by atoms with E-state index in [-0.39, 0.29) is 11.9 Å². The first-order chi connectivity index (χ1) is 9.65. The number of hydrogen-bond acceptors (Lipinski definition) is 4. The molecule has 3 rings (SSSR count). The topological polar surface area (TPSA) is 87.9 Å². The van der Waals surface area contributed by atoms with Gasteiger partial charge in [0, 0.05) is 36.6 Å². The Morgan fingerprint density at radius 2 is 2.45 bits per heavy atom. The molecule has 0 aliphatic carbocycles. The minimum absolute atomic E-state index is 0.0399. The second kappa shape index (κ2) is 5.05. The van der Waals surface area contributed by atoms with Crippen molar-refractivity contribution in [2.45, 2.75) is 25.9 Å². The van der Waals surface area contributed by atoms with Crippen molar-refractivity contribution in [3.05, 3.63) is 47.3 Å². The number of nitrogens with zero attached hydrogens (tertiary/aromatic N) is 3. The van der Waals surface area contributed by atoms with Crippen LogP contribution in [0, 0.1) is 6.20 Å². The van der Waals surface area contributed by atoms with Crippen molar-refractivity contribution >= 4 is 5.91 Å². The molecular weight excluding hydrogens is 254 g/mol. The number of amides is 1. The maximum absolute atomic E-state index is 11.1. The van der Waals surface area contributed by atoms with E-state index in [1.54, 1.807) is 0 Å². The number of fused-ring (bicyclic) bond motifs is 1. The van der Waals surface area contributed by atoms with Crippen LogP contribution in [0.1, 0.15) is 40.5 Å². The summed E-state index contributed by atoms with van der Waals surface area (Å²) in [6.45, 7) is 3.74. The predicted molar refractivity (Wildman–Crippen MR) is 72.7 cm³/mol. The summed E-state index contributed by atoms with van der Waals surface area (Å²) in [5.74, 6) is -0.572.